The molecule has 0 unspecified atom stereocenters. The average Bonchev–Trinajstić information content (AvgIpc) is 2.95. The maximum absolute atomic E-state index is 6.27. The van der Waals surface area contributed by atoms with Crippen LogP contribution in [-0.2, 0) is 6.54 Å². The molecule has 1 heterocycles. The van der Waals surface area contributed by atoms with E-state index < -0.39 is 0 Å². The third-order valence-corrected chi connectivity index (χ3v) is 3.44. The Hall–Kier alpha value is -1.91. The fraction of sp³-hybridized carbons (Fsp3) is 0.250. The molecule has 21 heavy (non-hydrogen) atoms. The van der Waals surface area contributed by atoms with Gasteiger partial charge >= 0.3 is 0 Å². The Bertz CT molecular complexity index is 645. The van der Waals surface area contributed by atoms with Gasteiger partial charge in [0, 0.05) is 12.6 Å². The molecule has 0 bridgehead atoms. The van der Waals surface area contributed by atoms with Crippen LogP contribution in [0.1, 0.15) is 12.5 Å². The molecule has 3 rings (SSSR count). The highest BCUT2D eigenvalue weighted by Gasteiger charge is 2.14. The lowest BCUT2D eigenvalue weighted by atomic mass is 10.2. The van der Waals surface area contributed by atoms with E-state index in [1.54, 1.807) is 6.07 Å². The van der Waals surface area contributed by atoms with Crippen LogP contribution < -0.4 is 19.5 Å². The van der Waals surface area contributed by atoms with Crippen LogP contribution in [0.25, 0.3) is 0 Å². The molecular formula is C16H16ClNO3. The summed E-state index contributed by atoms with van der Waals surface area (Å²) in [6.07, 6.45) is 0. The number of fused-ring (bicyclic) bond motifs is 1. The van der Waals surface area contributed by atoms with Crippen LogP contribution in [-0.4, -0.2) is 13.3 Å². The van der Waals surface area contributed by atoms with E-state index in [9.17, 15) is 0 Å². The molecule has 1 N–H and O–H groups in total. The molecule has 1 aliphatic rings. The molecule has 0 radical (unpaired) electrons. The summed E-state index contributed by atoms with van der Waals surface area (Å²) in [7, 11) is 0. The van der Waals surface area contributed by atoms with Gasteiger partial charge in [-0.1, -0.05) is 24.6 Å². The van der Waals surface area contributed by atoms with E-state index in [0.29, 0.717) is 22.3 Å². The van der Waals surface area contributed by atoms with Gasteiger partial charge in [0.2, 0.25) is 6.79 Å². The van der Waals surface area contributed by atoms with E-state index in [0.717, 1.165) is 24.4 Å². The molecule has 110 valence electrons. The predicted molar refractivity (Wildman–Crippen MR) is 81.5 cm³/mol. The first-order valence-corrected chi connectivity index (χ1v) is 7.20. The van der Waals surface area contributed by atoms with E-state index in [1.165, 1.54) is 0 Å². The highest BCUT2D eigenvalue weighted by Crippen LogP contribution is 2.38. The highest BCUT2D eigenvalue weighted by molar-refractivity contribution is 6.32. The number of halogens is 1. The van der Waals surface area contributed by atoms with Gasteiger partial charge in [0.05, 0.1) is 5.02 Å². The van der Waals surface area contributed by atoms with Crippen LogP contribution in [0.15, 0.2) is 36.4 Å². The number of nitrogens with one attached hydrogen (secondary N) is 1. The molecule has 2 aromatic rings. The fourth-order valence-corrected chi connectivity index (χ4v) is 2.32. The smallest absolute Gasteiger partial charge is 0.231 e. The third kappa shape index (κ3) is 3.23. The Labute approximate surface area is 128 Å². The lowest BCUT2D eigenvalue weighted by molar-refractivity contribution is 0.174. The van der Waals surface area contributed by atoms with Crippen molar-refractivity contribution in [3.05, 3.63) is 47.0 Å². The summed E-state index contributed by atoms with van der Waals surface area (Å²) in [4.78, 5) is 0. The minimum atomic E-state index is 0.249. The molecule has 2 aromatic carbocycles. The number of rotatable bonds is 5. The van der Waals surface area contributed by atoms with Gasteiger partial charge in [0.25, 0.3) is 0 Å². The molecule has 0 aliphatic carbocycles. The van der Waals surface area contributed by atoms with E-state index in [1.807, 2.05) is 30.3 Å². The van der Waals surface area contributed by atoms with Gasteiger partial charge in [0.15, 0.2) is 11.5 Å². The quantitative estimate of drug-likeness (QED) is 0.907. The number of benzene rings is 2. The molecule has 0 saturated carbocycles. The molecule has 5 heteroatoms. The molecule has 0 saturated heterocycles. The first-order chi connectivity index (χ1) is 10.3. The van der Waals surface area contributed by atoms with E-state index in [-0.39, 0.29) is 6.79 Å². The van der Waals surface area contributed by atoms with Crippen molar-refractivity contribution in [1.29, 1.82) is 0 Å². The molecule has 0 atom stereocenters. The monoisotopic (exact) mass is 305 g/mol. The zero-order valence-electron chi connectivity index (χ0n) is 11.7. The maximum atomic E-state index is 6.27. The Morgan fingerprint density at radius 1 is 1.14 bits per heavy atom. The van der Waals surface area contributed by atoms with Gasteiger partial charge in [-0.2, -0.15) is 0 Å². The highest BCUT2D eigenvalue weighted by atomic mass is 35.5. The van der Waals surface area contributed by atoms with Crippen molar-refractivity contribution in [2.45, 2.75) is 13.5 Å². The fourth-order valence-electron chi connectivity index (χ4n) is 2.07. The predicted octanol–water partition coefficient (Wildman–Crippen LogP) is 3.97. The lowest BCUT2D eigenvalue weighted by Crippen LogP contribution is -2.11. The first-order valence-electron chi connectivity index (χ1n) is 6.83. The Kier molecular flexibility index (Phi) is 4.18. The lowest BCUT2D eigenvalue weighted by Gasteiger charge is -2.10. The normalized spacial score (nSPS) is 12.5. The van der Waals surface area contributed by atoms with Crippen molar-refractivity contribution in [3.63, 3.8) is 0 Å². The second-order valence-electron chi connectivity index (χ2n) is 4.66. The minimum Gasteiger partial charge on any atom is -0.456 e. The largest absolute Gasteiger partial charge is 0.456 e. The summed E-state index contributed by atoms with van der Waals surface area (Å²) < 4.78 is 16.4. The van der Waals surface area contributed by atoms with Gasteiger partial charge in [-0.3, -0.25) is 0 Å². The number of ether oxygens (including phenoxy) is 3. The second-order valence-corrected chi connectivity index (χ2v) is 5.07. The topological polar surface area (TPSA) is 39.7 Å². The summed E-state index contributed by atoms with van der Waals surface area (Å²) >= 11 is 6.27. The van der Waals surface area contributed by atoms with E-state index >= 15 is 0 Å². The molecular weight excluding hydrogens is 290 g/mol. The molecule has 0 aromatic heterocycles. The second kappa shape index (κ2) is 6.24. The zero-order chi connectivity index (χ0) is 14.7. The SMILES string of the molecule is CCNCc1ccc(Oc2ccc3c(c2)OCO3)c(Cl)c1. The first kappa shape index (κ1) is 14.0. The molecule has 0 fully saturated rings. The minimum absolute atomic E-state index is 0.249. The summed E-state index contributed by atoms with van der Waals surface area (Å²) in [5.74, 6) is 2.71. The summed E-state index contributed by atoms with van der Waals surface area (Å²) in [6, 6.07) is 11.2. The summed E-state index contributed by atoms with van der Waals surface area (Å²) in [5.41, 5.74) is 1.12. The summed E-state index contributed by atoms with van der Waals surface area (Å²) in [5, 5.41) is 3.85. The zero-order valence-corrected chi connectivity index (χ0v) is 12.4. The molecule has 1 aliphatic heterocycles. The van der Waals surface area contributed by atoms with Crippen molar-refractivity contribution >= 4 is 11.6 Å². The van der Waals surface area contributed by atoms with Gasteiger partial charge in [-0.15, -0.1) is 0 Å². The Morgan fingerprint density at radius 2 is 2.00 bits per heavy atom. The number of hydrogen-bond donors (Lipinski definition) is 1. The van der Waals surface area contributed by atoms with Gasteiger partial charge in [0.1, 0.15) is 11.5 Å². The average molecular weight is 306 g/mol. The van der Waals surface area contributed by atoms with Gasteiger partial charge < -0.3 is 19.5 Å². The van der Waals surface area contributed by atoms with Gasteiger partial charge in [-0.25, -0.2) is 0 Å². The van der Waals surface area contributed by atoms with E-state index in [4.69, 9.17) is 25.8 Å². The number of hydrogen-bond acceptors (Lipinski definition) is 4. The van der Waals surface area contributed by atoms with Crippen LogP contribution in [0.5, 0.6) is 23.0 Å². The molecule has 0 spiro atoms. The summed E-state index contributed by atoms with van der Waals surface area (Å²) in [6.45, 7) is 4.03. The van der Waals surface area contributed by atoms with Crippen molar-refractivity contribution < 1.29 is 14.2 Å². The van der Waals surface area contributed by atoms with Crippen molar-refractivity contribution in [1.82, 2.24) is 5.32 Å². The third-order valence-electron chi connectivity index (χ3n) is 3.15. The van der Waals surface area contributed by atoms with Gasteiger partial charge in [-0.05, 0) is 36.4 Å². The van der Waals surface area contributed by atoms with Crippen molar-refractivity contribution in [2.75, 3.05) is 13.3 Å². The standard InChI is InChI=1S/C16H16ClNO3/c1-2-18-9-11-3-5-14(13(17)7-11)21-12-4-6-15-16(8-12)20-10-19-15/h3-8,18H,2,9-10H2,1H3. The van der Waals surface area contributed by atoms with E-state index in [2.05, 4.69) is 12.2 Å². The van der Waals surface area contributed by atoms with Crippen LogP contribution in [0.4, 0.5) is 0 Å². The van der Waals surface area contributed by atoms with Crippen molar-refractivity contribution in [2.24, 2.45) is 0 Å². The van der Waals surface area contributed by atoms with Crippen molar-refractivity contribution in [3.8, 4) is 23.0 Å². The Morgan fingerprint density at radius 3 is 2.81 bits per heavy atom. The van der Waals surface area contributed by atoms with Crippen LogP contribution in [0.2, 0.25) is 5.02 Å². The van der Waals surface area contributed by atoms with Crippen LogP contribution >= 0.6 is 11.6 Å². The van der Waals surface area contributed by atoms with Crippen LogP contribution in [0.3, 0.4) is 0 Å². The molecule has 0 amide bonds. The van der Waals surface area contributed by atoms with Crippen LogP contribution in [0, 0.1) is 0 Å². The maximum Gasteiger partial charge on any atom is 0.231 e. The Balaban J connectivity index is 1.75. The molecule has 4 nitrogen and oxygen atoms in total.